The largest absolute Gasteiger partial charge is 0.370 e. The Bertz CT molecular complexity index is 295. The summed E-state index contributed by atoms with van der Waals surface area (Å²) in [4.78, 5) is 10.5. The molecule has 2 nitrogen and oxygen atoms in total. The number of carbonyl (C=O) groups excluding carboxylic acids is 1. The van der Waals surface area contributed by atoms with Gasteiger partial charge in [-0.05, 0) is 37.0 Å². The highest BCUT2D eigenvalue weighted by molar-refractivity contribution is 6.30. The van der Waals surface area contributed by atoms with E-state index in [1.807, 2.05) is 24.3 Å². The molecule has 0 aliphatic heterocycles. The van der Waals surface area contributed by atoms with Crippen LogP contribution in [0.2, 0.25) is 5.02 Å². The molecule has 1 amide bonds. The van der Waals surface area contributed by atoms with Crippen molar-refractivity contribution in [2.24, 2.45) is 5.73 Å². The Morgan fingerprint density at radius 1 is 1.21 bits per heavy atom. The van der Waals surface area contributed by atoms with Gasteiger partial charge in [-0.2, -0.15) is 0 Å². The second kappa shape index (κ2) is 5.66. The molecule has 0 aliphatic rings. The SMILES string of the molecule is NC(=O)CCCCc1ccc(Cl)cc1. The van der Waals surface area contributed by atoms with Crippen LogP contribution in [0.15, 0.2) is 24.3 Å². The minimum absolute atomic E-state index is 0.221. The zero-order valence-electron chi connectivity index (χ0n) is 8.00. The molecule has 0 aliphatic carbocycles. The Hall–Kier alpha value is -1.02. The minimum Gasteiger partial charge on any atom is -0.370 e. The van der Waals surface area contributed by atoms with Crippen molar-refractivity contribution < 1.29 is 4.79 Å². The molecule has 14 heavy (non-hydrogen) atoms. The summed E-state index contributed by atoms with van der Waals surface area (Å²) in [5.41, 5.74) is 6.28. The van der Waals surface area contributed by atoms with Gasteiger partial charge in [0, 0.05) is 11.4 Å². The van der Waals surface area contributed by atoms with Gasteiger partial charge in [0.25, 0.3) is 0 Å². The lowest BCUT2D eigenvalue weighted by Crippen LogP contribution is -2.09. The first kappa shape index (κ1) is 11.1. The molecule has 0 bridgehead atoms. The maximum atomic E-state index is 10.5. The van der Waals surface area contributed by atoms with Crippen molar-refractivity contribution >= 4 is 17.5 Å². The van der Waals surface area contributed by atoms with E-state index in [0.717, 1.165) is 24.3 Å². The van der Waals surface area contributed by atoms with Crippen molar-refractivity contribution in [2.45, 2.75) is 25.7 Å². The van der Waals surface area contributed by atoms with Crippen molar-refractivity contribution in [3.63, 3.8) is 0 Å². The number of amides is 1. The molecule has 1 rings (SSSR count). The Kier molecular flexibility index (Phi) is 4.47. The van der Waals surface area contributed by atoms with E-state index in [9.17, 15) is 4.79 Å². The van der Waals surface area contributed by atoms with Crippen molar-refractivity contribution in [3.05, 3.63) is 34.9 Å². The summed E-state index contributed by atoms with van der Waals surface area (Å²) >= 11 is 5.75. The highest BCUT2D eigenvalue weighted by Crippen LogP contribution is 2.11. The second-order valence-electron chi connectivity index (χ2n) is 3.30. The van der Waals surface area contributed by atoms with E-state index in [1.165, 1.54) is 5.56 Å². The van der Waals surface area contributed by atoms with Gasteiger partial charge < -0.3 is 5.73 Å². The topological polar surface area (TPSA) is 43.1 Å². The lowest BCUT2D eigenvalue weighted by atomic mass is 10.1. The van der Waals surface area contributed by atoms with Gasteiger partial charge in [0.15, 0.2) is 0 Å². The van der Waals surface area contributed by atoms with Crippen LogP contribution in [0.3, 0.4) is 0 Å². The third kappa shape index (κ3) is 4.28. The fourth-order valence-electron chi connectivity index (χ4n) is 1.28. The van der Waals surface area contributed by atoms with Crippen LogP contribution in [0.1, 0.15) is 24.8 Å². The molecule has 0 aromatic heterocycles. The van der Waals surface area contributed by atoms with Crippen molar-refractivity contribution in [3.8, 4) is 0 Å². The van der Waals surface area contributed by atoms with Crippen molar-refractivity contribution in [2.75, 3.05) is 0 Å². The average Bonchev–Trinajstić information content (AvgIpc) is 2.15. The summed E-state index contributed by atoms with van der Waals surface area (Å²) in [7, 11) is 0. The zero-order valence-corrected chi connectivity index (χ0v) is 8.76. The molecule has 0 spiro atoms. The molecule has 0 unspecified atom stereocenters. The normalized spacial score (nSPS) is 10.1. The number of hydrogen-bond acceptors (Lipinski definition) is 1. The van der Waals surface area contributed by atoms with Gasteiger partial charge in [-0.25, -0.2) is 0 Å². The first-order valence-electron chi connectivity index (χ1n) is 4.71. The fourth-order valence-corrected chi connectivity index (χ4v) is 1.41. The third-order valence-electron chi connectivity index (χ3n) is 2.05. The third-order valence-corrected chi connectivity index (χ3v) is 2.30. The van der Waals surface area contributed by atoms with Gasteiger partial charge in [0.05, 0.1) is 0 Å². The Morgan fingerprint density at radius 2 is 1.86 bits per heavy atom. The van der Waals surface area contributed by atoms with Crippen LogP contribution in [0, 0.1) is 0 Å². The van der Waals surface area contributed by atoms with Crippen molar-refractivity contribution in [1.82, 2.24) is 0 Å². The number of benzene rings is 1. The van der Waals surface area contributed by atoms with Gasteiger partial charge in [-0.15, -0.1) is 0 Å². The first-order valence-corrected chi connectivity index (χ1v) is 5.09. The van der Waals surface area contributed by atoms with E-state index in [0.29, 0.717) is 6.42 Å². The predicted molar refractivity (Wildman–Crippen MR) is 58.2 cm³/mol. The molecule has 0 fully saturated rings. The molecule has 0 atom stereocenters. The van der Waals surface area contributed by atoms with E-state index >= 15 is 0 Å². The van der Waals surface area contributed by atoms with Gasteiger partial charge >= 0.3 is 0 Å². The minimum atomic E-state index is -0.221. The molecule has 2 N–H and O–H groups in total. The number of unbranched alkanes of at least 4 members (excludes halogenated alkanes) is 1. The van der Waals surface area contributed by atoms with E-state index < -0.39 is 0 Å². The van der Waals surface area contributed by atoms with Crippen molar-refractivity contribution in [1.29, 1.82) is 0 Å². The van der Waals surface area contributed by atoms with Crippen LogP contribution in [-0.4, -0.2) is 5.91 Å². The van der Waals surface area contributed by atoms with Gasteiger partial charge in [-0.3, -0.25) is 4.79 Å². The molecule has 1 aromatic carbocycles. The number of nitrogens with two attached hydrogens (primary N) is 1. The summed E-state index contributed by atoms with van der Waals surface area (Å²) in [6, 6.07) is 7.77. The number of carbonyl (C=O) groups is 1. The number of rotatable bonds is 5. The molecule has 76 valence electrons. The van der Waals surface area contributed by atoms with Crippen LogP contribution in [0.4, 0.5) is 0 Å². The highest BCUT2D eigenvalue weighted by Gasteiger charge is 1.96. The molecule has 0 saturated carbocycles. The second-order valence-corrected chi connectivity index (χ2v) is 3.74. The Labute approximate surface area is 89.1 Å². The standard InChI is InChI=1S/C11H14ClNO/c12-10-7-5-9(6-8-10)3-1-2-4-11(13)14/h5-8H,1-4H2,(H2,13,14). The Morgan fingerprint density at radius 3 is 2.43 bits per heavy atom. The number of halogens is 1. The van der Waals surface area contributed by atoms with Crippen LogP contribution in [-0.2, 0) is 11.2 Å². The van der Waals surface area contributed by atoms with E-state index in [2.05, 4.69) is 0 Å². The number of hydrogen-bond donors (Lipinski definition) is 1. The lowest BCUT2D eigenvalue weighted by Gasteiger charge is -2.00. The number of aryl methyl sites for hydroxylation is 1. The van der Waals surface area contributed by atoms with Crippen LogP contribution in [0.5, 0.6) is 0 Å². The predicted octanol–water partition coefficient (Wildman–Crippen LogP) is 2.54. The summed E-state index contributed by atoms with van der Waals surface area (Å²) < 4.78 is 0. The summed E-state index contributed by atoms with van der Waals surface area (Å²) in [5, 5.41) is 0.755. The van der Waals surface area contributed by atoms with Crippen LogP contribution < -0.4 is 5.73 Å². The summed E-state index contributed by atoms with van der Waals surface area (Å²) in [5.74, 6) is -0.221. The van der Waals surface area contributed by atoms with Gasteiger partial charge in [0.2, 0.25) is 5.91 Å². The molecule has 3 heteroatoms. The molecule has 0 radical (unpaired) electrons. The Balaban J connectivity index is 2.25. The monoisotopic (exact) mass is 211 g/mol. The zero-order chi connectivity index (χ0) is 10.4. The van der Waals surface area contributed by atoms with Gasteiger partial charge in [-0.1, -0.05) is 23.7 Å². The quantitative estimate of drug-likeness (QED) is 0.748. The van der Waals surface area contributed by atoms with Crippen LogP contribution in [0.25, 0.3) is 0 Å². The smallest absolute Gasteiger partial charge is 0.217 e. The van der Waals surface area contributed by atoms with Gasteiger partial charge in [0.1, 0.15) is 0 Å². The average molecular weight is 212 g/mol. The highest BCUT2D eigenvalue weighted by atomic mass is 35.5. The van der Waals surface area contributed by atoms with E-state index in [1.54, 1.807) is 0 Å². The maximum Gasteiger partial charge on any atom is 0.217 e. The number of primary amides is 1. The van der Waals surface area contributed by atoms with E-state index in [4.69, 9.17) is 17.3 Å². The van der Waals surface area contributed by atoms with Crippen LogP contribution >= 0.6 is 11.6 Å². The molecular weight excluding hydrogens is 198 g/mol. The molecule has 0 saturated heterocycles. The lowest BCUT2D eigenvalue weighted by molar-refractivity contribution is -0.118. The fraction of sp³-hybridized carbons (Fsp3) is 0.364. The maximum absolute atomic E-state index is 10.5. The molecular formula is C11H14ClNO. The van der Waals surface area contributed by atoms with E-state index in [-0.39, 0.29) is 5.91 Å². The first-order chi connectivity index (χ1) is 6.68. The molecule has 0 heterocycles. The summed E-state index contributed by atoms with van der Waals surface area (Å²) in [6.45, 7) is 0. The summed E-state index contributed by atoms with van der Waals surface area (Å²) in [6.07, 6.45) is 3.31. The molecule has 1 aromatic rings.